The van der Waals surface area contributed by atoms with E-state index in [1.807, 2.05) is 6.92 Å². The van der Waals surface area contributed by atoms with E-state index in [0.29, 0.717) is 5.54 Å². The molecule has 0 saturated carbocycles. The highest BCUT2D eigenvalue weighted by atomic mass is 16.3. The number of rotatable bonds is 2. The zero-order chi connectivity index (χ0) is 8.48. The van der Waals surface area contributed by atoms with E-state index in [4.69, 9.17) is 0 Å². The van der Waals surface area contributed by atoms with Crippen LogP contribution in [0.4, 0.5) is 0 Å². The predicted molar refractivity (Wildman–Crippen MR) is 46.6 cm³/mol. The van der Waals surface area contributed by atoms with Crippen LogP contribution in [0, 0.1) is 0 Å². The Morgan fingerprint density at radius 1 is 1.55 bits per heavy atom. The smallest absolute Gasteiger partial charge is 0.0639 e. The predicted octanol–water partition coefficient (Wildman–Crippen LogP) is 1.24. The third-order valence-electron chi connectivity index (χ3n) is 2.56. The minimum atomic E-state index is -0.188. The molecule has 0 spiro atoms. The van der Waals surface area contributed by atoms with Crippen molar-refractivity contribution in [3.05, 3.63) is 0 Å². The molecule has 0 bridgehead atoms. The first-order valence-corrected chi connectivity index (χ1v) is 4.45. The van der Waals surface area contributed by atoms with Crippen LogP contribution in [0.2, 0.25) is 0 Å². The first-order chi connectivity index (χ1) is 5.02. The van der Waals surface area contributed by atoms with Gasteiger partial charge in [0.25, 0.3) is 0 Å². The van der Waals surface area contributed by atoms with E-state index >= 15 is 0 Å². The van der Waals surface area contributed by atoms with Gasteiger partial charge in [-0.2, -0.15) is 0 Å². The minimum Gasteiger partial charge on any atom is -0.392 e. The Hall–Kier alpha value is -0.0800. The lowest BCUT2D eigenvalue weighted by molar-refractivity contribution is 0.0884. The molecular formula is C9H19NO. The van der Waals surface area contributed by atoms with Gasteiger partial charge in [0.05, 0.1) is 6.10 Å². The van der Waals surface area contributed by atoms with E-state index in [1.54, 1.807) is 0 Å². The Morgan fingerprint density at radius 2 is 2.18 bits per heavy atom. The van der Waals surface area contributed by atoms with Crippen molar-refractivity contribution in [1.82, 2.24) is 4.90 Å². The maximum absolute atomic E-state index is 9.20. The molecule has 0 unspecified atom stereocenters. The molecular weight excluding hydrogens is 138 g/mol. The standard InChI is InChI=1S/C9H19NO/c1-8(11)7-10-6-4-5-9(10,2)3/h8,11H,4-7H2,1-3H3/t8-/m0/s1. The van der Waals surface area contributed by atoms with Crippen molar-refractivity contribution in [2.24, 2.45) is 0 Å². The van der Waals surface area contributed by atoms with Crippen molar-refractivity contribution in [2.45, 2.75) is 45.3 Å². The van der Waals surface area contributed by atoms with E-state index in [2.05, 4.69) is 18.7 Å². The van der Waals surface area contributed by atoms with Crippen LogP contribution in [0.25, 0.3) is 0 Å². The molecule has 2 heteroatoms. The average molecular weight is 157 g/mol. The number of β-amino-alcohol motifs (C(OH)–C–C–N with tert-alkyl or cyclic N) is 1. The third-order valence-corrected chi connectivity index (χ3v) is 2.56. The fourth-order valence-electron chi connectivity index (χ4n) is 1.82. The normalized spacial score (nSPS) is 27.3. The van der Waals surface area contributed by atoms with Gasteiger partial charge in [-0.1, -0.05) is 0 Å². The van der Waals surface area contributed by atoms with Crippen molar-refractivity contribution in [3.8, 4) is 0 Å². The van der Waals surface area contributed by atoms with Gasteiger partial charge < -0.3 is 5.11 Å². The molecule has 1 atom stereocenters. The largest absolute Gasteiger partial charge is 0.392 e. The number of aliphatic hydroxyl groups is 1. The Balaban J connectivity index is 2.45. The Kier molecular flexibility index (Phi) is 2.55. The Bertz CT molecular complexity index is 132. The summed E-state index contributed by atoms with van der Waals surface area (Å²) in [4.78, 5) is 2.37. The van der Waals surface area contributed by atoms with E-state index in [9.17, 15) is 5.11 Å². The van der Waals surface area contributed by atoms with Gasteiger partial charge in [-0.15, -0.1) is 0 Å². The lowest BCUT2D eigenvalue weighted by Crippen LogP contribution is -2.41. The van der Waals surface area contributed by atoms with Crippen LogP contribution in [-0.2, 0) is 0 Å². The Morgan fingerprint density at radius 3 is 2.55 bits per heavy atom. The topological polar surface area (TPSA) is 23.5 Å². The summed E-state index contributed by atoms with van der Waals surface area (Å²) in [5.74, 6) is 0. The van der Waals surface area contributed by atoms with Gasteiger partial charge in [-0.3, -0.25) is 4.90 Å². The summed E-state index contributed by atoms with van der Waals surface area (Å²) in [6, 6.07) is 0. The van der Waals surface area contributed by atoms with Gasteiger partial charge in [-0.25, -0.2) is 0 Å². The van der Waals surface area contributed by atoms with Crippen LogP contribution in [-0.4, -0.2) is 34.7 Å². The van der Waals surface area contributed by atoms with Gasteiger partial charge in [0.2, 0.25) is 0 Å². The van der Waals surface area contributed by atoms with E-state index in [-0.39, 0.29) is 6.10 Å². The summed E-state index contributed by atoms with van der Waals surface area (Å²) in [6.07, 6.45) is 2.35. The lowest BCUT2D eigenvalue weighted by atomic mass is 10.0. The fraction of sp³-hybridized carbons (Fsp3) is 1.00. The quantitative estimate of drug-likeness (QED) is 0.652. The summed E-state index contributed by atoms with van der Waals surface area (Å²) in [5.41, 5.74) is 0.316. The molecule has 0 aromatic carbocycles. The molecule has 0 aliphatic carbocycles. The monoisotopic (exact) mass is 157 g/mol. The summed E-state index contributed by atoms with van der Waals surface area (Å²) >= 11 is 0. The zero-order valence-corrected chi connectivity index (χ0v) is 7.80. The summed E-state index contributed by atoms with van der Waals surface area (Å²) in [6.45, 7) is 8.34. The maximum Gasteiger partial charge on any atom is 0.0639 e. The second-order valence-electron chi connectivity index (χ2n) is 4.21. The highest BCUT2D eigenvalue weighted by molar-refractivity contribution is 4.88. The van der Waals surface area contributed by atoms with Crippen molar-refractivity contribution >= 4 is 0 Å². The molecule has 1 aliphatic heterocycles. The molecule has 11 heavy (non-hydrogen) atoms. The molecule has 0 amide bonds. The molecule has 0 radical (unpaired) electrons. The second kappa shape index (κ2) is 3.11. The van der Waals surface area contributed by atoms with Gasteiger partial charge >= 0.3 is 0 Å². The molecule has 1 saturated heterocycles. The molecule has 1 rings (SSSR count). The highest BCUT2D eigenvalue weighted by Crippen LogP contribution is 2.27. The maximum atomic E-state index is 9.20. The molecule has 66 valence electrons. The van der Waals surface area contributed by atoms with Crippen LogP contribution in [0.5, 0.6) is 0 Å². The Labute approximate surface area is 69.2 Å². The molecule has 0 aromatic heterocycles. The molecule has 1 fully saturated rings. The van der Waals surface area contributed by atoms with Crippen molar-refractivity contribution in [1.29, 1.82) is 0 Å². The summed E-state index contributed by atoms with van der Waals surface area (Å²) in [5, 5.41) is 9.20. The minimum absolute atomic E-state index is 0.188. The highest BCUT2D eigenvalue weighted by Gasteiger charge is 2.31. The van der Waals surface area contributed by atoms with E-state index in [0.717, 1.165) is 13.1 Å². The number of hydrogen-bond donors (Lipinski definition) is 1. The van der Waals surface area contributed by atoms with Crippen LogP contribution < -0.4 is 0 Å². The first-order valence-electron chi connectivity index (χ1n) is 4.45. The second-order valence-corrected chi connectivity index (χ2v) is 4.21. The average Bonchev–Trinajstić information content (AvgIpc) is 2.10. The molecule has 1 N–H and O–H groups in total. The fourth-order valence-corrected chi connectivity index (χ4v) is 1.82. The molecule has 1 heterocycles. The van der Waals surface area contributed by atoms with Gasteiger partial charge in [-0.05, 0) is 40.2 Å². The number of aliphatic hydroxyl groups excluding tert-OH is 1. The molecule has 1 aliphatic rings. The van der Waals surface area contributed by atoms with Gasteiger partial charge in [0.1, 0.15) is 0 Å². The molecule has 2 nitrogen and oxygen atoms in total. The summed E-state index contributed by atoms with van der Waals surface area (Å²) < 4.78 is 0. The SMILES string of the molecule is C[C@H](O)CN1CCCC1(C)C. The van der Waals surface area contributed by atoms with Crippen LogP contribution in [0.1, 0.15) is 33.6 Å². The van der Waals surface area contributed by atoms with Gasteiger partial charge in [0, 0.05) is 12.1 Å². The van der Waals surface area contributed by atoms with Gasteiger partial charge in [0.15, 0.2) is 0 Å². The van der Waals surface area contributed by atoms with Crippen LogP contribution in [0.15, 0.2) is 0 Å². The number of hydrogen-bond acceptors (Lipinski definition) is 2. The zero-order valence-electron chi connectivity index (χ0n) is 7.80. The van der Waals surface area contributed by atoms with E-state index in [1.165, 1.54) is 12.8 Å². The van der Waals surface area contributed by atoms with Crippen LogP contribution >= 0.6 is 0 Å². The first kappa shape index (κ1) is 9.01. The van der Waals surface area contributed by atoms with Crippen LogP contribution in [0.3, 0.4) is 0 Å². The van der Waals surface area contributed by atoms with Crippen molar-refractivity contribution in [3.63, 3.8) is 0 Å². The lowest BCUT2D eigenvalue weighted by Gasteiger charge is -2.32. The summed E-state index contributed by atoms with van der Waals surface area (Å²) in [7, 11) is 0. The molecule has 0 aromatic rings. The van der Waals surface area contributed by atoms with Crippen molar-refractivity contribution < 1.29 is 5.11 Å². The number of likely N-dealkylation sites (tertiary alicyclic amines) is 1. The van der Waals surface area contributed by atoms with E-state index < -0.39 is 0 Å². The number of nitrogens with zero attached hydrogens (tertiary/aromatic N) is 1. The van der Waals surface area contributed by atoms with Crippen molar-refractivity contribution in [2.75, 3.05) is 13.1 Å². The third kappa shape index (κ3) is 2.17.